The molecule has 33 heavy (non-hydrogen) atoms. The first kappa shape index (κ1) is 21.4. The number of aryl methyl sites for hydroxylation is 1. The number of fused-ring (bicyclic) bond motifs is 2. The average Bonchev–Trinajstić information content (AvgIpc) is 3.55. The zero-order valence-electron chi connectivity index (χ0n) is 19.7. The molecule has 8 heteroatoms. The van der Waals surface area contributed by atoms with Gasteiger partial charge in [-0.1, -0.05) is 12.8 Å². The summed E-state index contributed by atoms with van der Waals surface area (Å²) in [5, 5.41) is 8.60. The maximum atomic E-state index is 13.7. The van der Waals surface area contributed by atoms with Crippen LogP contribution in [0.2, 0.25) is 0 Å². The third kappa shape index (κ3) is 3.91. The molecule has 0 bridgehead atoms. The third-order valence-corrected chi connectivity index (χ3v) is 8.44. The third-order valence-electron chi connectivity index (χ3n) is 8.44. The predicted octanol–water partition coefficient (Wildman–Crippen LogP) is 2.55. The lowest BCUT2D eigenvalue weighted by atomic mass is 9.85. The molecule has 0 spiro atoms. The number of amides is 1. The Balaban J connectivity index is 1.25. The molecule has 8 nitrogen and oxygen atoms in total. The van der Waals surface area contributed by atoms with Gasteiger partial charge in [-0.05, 0) is 57.8 Å². The fraction of sp³-hybridized carbons (Fsp3) is 0.720. The van der Waals surface area contributed by atoms with E-state index in [1.54, 1.807) is 0 Å². The number of anilines is 1. The van der Waals surface area contributed by atoms with Crippen LogP contribution in [0.5, 0.6) is 0 Å². The second kappa shape index (κ2) is 8.55. The first-order valence-corrected chi connectivity index (χ1v) is 13.0. The van der Waals surface area contributed by atoms with E-state index in [0.29, 0.717) is 12.0 Å². The molecule has 3 N–H and O–H groups in total. The summed E-state index contributed by atoms with van der Waals surface area (Å²) in [4.78, 5) is 23.0. The van der Waals surface area contributed by atoms with Crippen LogP contribution < -0.4 is 16.0 Å². The van der Waals surface area contributed by atoms with Crippen molar-refractivity contribution in [3.8, 4) is 0 Å². The van der Waals surface area contributed by atoms with Crippen molar-refractivity contribution in [1.29, 1.82) is 0 Å². The number of carbonyl (C=O) groups excluding carboxylic acids is 1. The molecule has 0 radical (unpaired) electrons. The molecule has 3 saturated heterocycles. The topological polar surface area (TPSA) is 91.8 Å². The fourth-order valence-corrected chi connectivity index (χ4v) is 6.70. The van der Waals surface area contributed by atoms with Crippen LogP contribution in [0.3, 0.4) is 0 Å². The van der Waals surface area contributed by atoms with E-state index < -0.39 is 0 Å². The molecule has 2 aromatic rings. The molecule has 1 amide bonds. The summed E-state index contributed by atoms with van der Waals surface area (Å²) in [5.41, 5.74) is 9.07. The molecule has 4 aliphatic rings. The van der Waals surface area contributed by atoms with Crippen molar-refractivity contribution < 1.29 is 4.79 Å². The lowest BCUT2D eigenvalue weighted by molar-refractivity contribution is -0.137. The highest BCUT2D eigenvalue weighted by Gasteiger charge is 2.42. The van der Waals surface area contributed by atoms with E-state index in [-0.39, 0.29) is 24.0 Å². The number of nitrogens with one attached hydrogen (secondary N) is 1. The maximum absolute atomic E-state index is 13.7. The number of nitrogens with zero attached hydrogens (tertiary/aromatic N) is 5. The fourth-order valence-electron chi connectivity index (χ4n) is 6.70. The van der Waals surface area contributed by atoms with Gasteiger partial charge in [0.25, 0.3) is 0 Å². The first-order chi connectivity index (χ1) is 16.1. The van der Waals surface area contributed by atoms with Gasteiger partial charge in [0.05, 0.1) is 17.8 Å². The number of hydrogen-bond acceptors (Lipinski definition) is 6. The summed E-state index contributed by atoms with van der Waals surface area (Å²) in [7, 11) is 0. The Hall–Kier alpha value is -2.19. The van der Waals surface area contributed by atoms with Crippen LogP contribution >= 0.6 is 0 Å². The summed E-state index contributed by atoms with van der Waals surface area (Å²) in [6.45, 7) is 4.72. The van der Waals surface area contributed by atoms with Gasteiger partial charge in [-0.3, -0.25) is 4.79 Å². The number of aromatic nitrogens is 3. The van der Waals surface area contributed by atoms with Crippen molar-refractivity contribution in [1.82, 2.24) is 24.8 Å². The molecule has 6 rings (SSSR count). The number of nitrogens with two attached hydrogens (primary N) is 1. The van der Waals surface area contributed by atoms with E-state index in [9.17, 15) is 4.79 Å². The molecule has 4 fully saturated rings. The molecule has 2 aromatic heterocycles. The number of hydrogen-bond donors (Lipinski definition) is 2. The molecule has 5 atom stereocenters. The van der Waals surface area contributed by atoms with Crippen LogP contribution in [0, 0.1) is 12.8 Å². The van der Waals surface area contributed by atoms with Crippen LogP contribution in [-0.2, 0) is 4.79 Å². The summed E-state index contributed by atoms with van der Waals surface area (Å²) in [6.07, 6.45) is 12.4. The van der Waals surface area contributed by atoms with Gasteiger partial charge < -0.3 is 20.9 Å². The molecule has 1 aliphatic carbocycles. The monoisotopic (exact) mass is 451 g/mol. The Bertz CT molecular complexity index is 1020. The summed E-state index contributed by atoms with van der Waals surface area (Å²) in [5.74, 6) is 1.97. The highest BCUT2D eigenvalue weighted by molar-refractivity contribution is 5.83. The summed E-state index contributed by atoms with van der Waals surface area (Å²) < 4.78 is 1.89. The van der Waals surface area contributed by atoms with E-state index in [4.69, 9.17) is 15.8 Å². The van der Waals surface area contributed by atoms with Crippen LogP contribution in [0.15, 0.2) is 12.3 Å². The molecule has 3 unspecified atom stereocenters. The number of rotatable bonds is 3. The number of likely N-dealkylation sites (tertiary alicyclic amines) is 1. The molecule has 1 saturated carbocycles. The van der Waals surface area contributed by atoms with Gasteiger partial charge in [0, 0.05) is 49.5 Å². The standard InChI is InChI=1S/C25H37N7O/c1-16-14-32-23(28-24(16)30-11-9-18(26)15-30)13-20(29-32)22-8-4-5-10-31(22)25(33)21-12-17-6-2-3-7-19(17)27-21/h13-14,17-19,21-22,27H,2-12,15,26H2,1H3/t17?,18-,19?,21?,22-/m0/s1. The Morgan fingerprint density at radius 1 is 1.12 bits per heavy atom. The Labute approximate surface area is 195 Å². The van der Waals surface area contributed by atoms with Crippen LogP contribution in [-0.4, -0.2) is 63.2 Å². The van der Waals surface area contributed by atoms with Gasteiger partial charge in [-0.25, -0.2) is 9.50 Å². The normalized spacial score (nSPS) is 32.5. The highest BCUT2D eigenvalue weighted by atomic mass is 16.2. The lowest BCUT2D eigenvalue weighted by Gasteiger charge is -2.36. The zero-order chi connectivity index (χ0) is 22.5. The van der Waals surface area contributed by atoms with Crippen molar-refractivity contribution in [3.63, 3.8) is 0 Å². The van der Waals surface area contributed by atoms with E-state index in [0.717, 1.165) is 74.5 Å². The Morgan fingerprint density at radius 3 is 2.79 bits per heavy atom. The average molecular weight is 452 g/mol. The molecule has 178 valence electrons. The van der Waals surface area contributed by atoms with E-state index in [1.807, 2.05) is 4.52 Å². The van der Waals surface area contributed by atoms with Gasteiger partial charge >= 0.3 is 0 Å². The minimum Gasteiger partial charge on any atom is -0.355 e. The summed E-state index contributed by atoms with van der Waals surface area (Å²) >= 11 is 0. The largest absolute Gasteiger partial charge is 0.355 e. The van der Waals surface area contributed by atoms with Crippen molar-refractivity contribution in [2.75, 3.05) is 24.5 Å². The van der Waals surface area contributed by atoms with Crippen molar-refractivity contribution in [2.45, 2.75) is 88.9 Å². The molecular weight excluding hydrogens is 414 g/mol. The zero-order valence-corrected chi connectivity index (χ0v) is 19.7. The van der Waals surface area contributed by atoms with Gasteiger partial charge in [0.1, 0.15) is 5.82 Å². The predicted molar refractivity (Wildman–Crippen MR) is 128 cm³/mol. The molecule has 0 aromatic carbocycles. The SMILES string of the molecule is Cc1cn2nc([C@@H]3CCCCN3C(=O)C3CC4CCCCC4N3)cc2nc1N1CC[C@H](N)C1. The second-order valence-corrected chi connectivity index (χ2v) is 10.8. The van der Waals surface area contributed by atoms with Crippen LogP contribution in [0.1, 0.15) is 75.1 Å². The highest BCUT2D eigenvalue weighted by Crippen LogP contribution is 2.37. The van der Waals surface area contributed by atoms with Crippen molar-refractivity contribution in [3.05, 3.63) is 23.5 Å². The van der Waals surface area contributed by atoms with E-state index in [2.05, 4.69) is 34.3 Å². The van der Waals surface area contributed by atoms with Gasteiger partial charge in [-0.2, -0.15) is 5.10 Å². The Morgan fingerprint density at radius 2 is 1.97 bits per heavy atom. The van der Waals surface area contributed by atoms with E-state index >= 15 is 0 Å². The van der Waals surface area contributed by atoms with Gasteiger partial charge in [-0.15, -0.1) is 0 Å². The lowest BCUT2D eigenvalue weighted by Crippen LogP contribution is -2.48. The first-order valence-electron chi connectivity index (χ1n) is 13.0. The van der Waals surface area contributed by atoms with Crippen molar-refractivity contribution >= 4 is 17.4 Å². The van der Waals surface area contributed by atoms with Crippen LogP contribution in [0.25, 0.3) is 5.65 Å². The maximum Gasteiger partial charge on any atom is 0.240 e. The molecule has 5 heterocycles. The molecule has 3 aliphatic heterocycles. The number of piperidine rings is 1. The summed E-state index contributed by atoms with van der Waals surface area (Å²) in [6, 6.07) is 2.87. The van der Waals surface area contributed by atoms with Crippen LogP contribution in [0.4, 0.5) is 5.82 Å². The second-order valence-electron chi connectivity index (χ2n) is 10.8. The molecular formula is C25H37N7O. The quantitative estimate of drug-likeness (QED) is 0.745. The smallest absolute Gasteiger partial charge is 0.240 e. The van der Waals surface area contributed by atoms with Gasteiger partial charge in [0.15, 0.2) is 5.65 Å². The van der Waals surface area contributed by atoms with Gasteiger partial charge in [0.2, 0.25) is 5.91 Å². The Kier molecular flexibility index (Phi) is 5.53. The minimum absolute atomic E-state index is 0.0259. The van der Waals surface area contributed by atoms with E-state index in [1.165, 1.54) is 25.7 Å². The number of carbonyl (C=O) groups is 1. The van der Waals surface area contributed by atoms with Crippen molar-refractivity contribution in [2.24, 2.45) is 11.7 Å². The minimum atomic E-state index is -0.0259.